The highest BCUT2D eigenvalue weighted by atomic mass is 127. The molecule has 0 unspecified atom stereocenters. The monoisotopic (exact) mass is 327 g/mol. The van der Waals surface area contributed by atoms with Gasteiger partial charge in [-0.3, -0.25) is 0 Å². The van der Waals surface area contributed by atoms with Crippen LogP contribution in [-0.4, -0.2) is 22.2 Å². The summed E-state index contributed by atoms with van der Waals surface area (Å²) in [5.41, 5.74) is 0.380. The average molecular weight is 328 g/mol. The molecule has 0 saturated heterocycles. The molecular weight excluding hydrogens is 324 g/mol. The molecule has 0 bridgehead atoms. The highest BCUT2D eigenvalue weighted by molar-refractivity contribution is 14.1. The van der Waals surface area contributed by atoms with Gasteiger partial charge >= 0.3 is 7.12 Å². The summed E-state index contributed by atoms with van der Waals surface area (Å²) in [7, 11) is -1.46. The van der Waals surface area contributed by atoms with E-state index in [1.54, 1.807) is 12.1 Å². The van der Waals surface area contributed by atoms with Gasteiger partial charge in [0.25, 0.3) is 0 Å². The number of nitrogens with zero attached hydrogens (tertiary/aromatic N) is 1. The van der Waals surface area contributed by atoms with Gasteiger partial charge in [-0.15, -0.1) is 0 Å². The molecule has 11 heavy (non-hydrogen) atoms. The van der Waals surface area contributed by atoms with Crippen LogP contribution in [0.2, 0.25) is 0 Å². The van der Waals surface area contributed by atoms with Crippen LogP contribution >= 0.6 is 38.5 Å². The number of aromatic nitrogens is 1. The Morgan fingerprint density at radius 1 is 1.45 bits per heavy atom. The van der Waals surface area contributed by atoms with E-state index in [9.17, 15) is 0 Å². The zero-order valence-electron chi connectivity index (χ0n) is 5.33. The molecule has 0 fully saturated rings. The van der Waals surface area contributed by atoms with Crippen molar-refractivity contribution in [2.75, 3.05) is 0 Å². The molecule has 0 aromatic carbocycles. The van der Waals surface area contributed by atoms with Crippen LogP contribution in [0, 0.1) is 3.70 Å². The lowest BCUT2D eigenvalue weighted by Crippen LogP contribution is -2.31. The van der Waals surface area contributed by atoms with Crippen LogP contribution in [0.5, 0.6) is 0 Å². The normalized spacial score (nSPS) is 9.82. The molecule has 0 aliphatic rings. The minimum absolute atomic E-state index is 0.380. The second kappa shape index (κ2) is 3.84. The van der Waals surface area contributed by atoms with Crippen molar-refractivity contribution in [1.29, 1.82) is 0 Å². The Hall–Kier alpha value is 0.345. The van der Waals surface area contributed by atoms with Gasteiger partial charge in [0.1, 0.15) is 8.30 Å². The van der Waals surface area contributed by atoms with Gasteiger partial charge < -0.3 is 10.0 Å². The lowest BCUT2D eigenvalue weighted by atomic mass is 9.82. The van der Waals surface area contributed by atoms with Crippen LogP contribution < -0.4 is 5.46 Å². The van der Waals surface area contributed by atoms with Crippen molar-refractivity contribution in [3.05, 3.63) is 20.4 Å². The van der Waals surface area contributed by atoms with Gasteiger partial charge in [-0.05, 0) is 44.6 Å². The number of rotatable bonds is 1. The Kier molecular flexibility index (Phi) is 3.29. The highest BCUT2D eigenvalue weighted by Gasteiger charge is 2.15. The van der Waals surface area contributed by atoms with E-state index in [1.807, 2.05) is 22.6 Å². The molecule has 2 N–H and O–H groups in total. The van der Waals surface area contributed by atoms with E-state index < -0.39 is 7.12 Å². The highest BCUT2D eigenvalue weighted by Crippen LogP contribution is 2.06. The maximum atomic E-state index is 8.78. The Labute approximate surface area is 86.3 Å². The van der Waals surface area contributed by atoms with Gasteiger partial charge in [0.05, 0.1) is 0 Å². The topological polar surface area (TPSA) is 53.4 Å². The van der Waals surface area contributed by atoms with Crippen LogP contribution in [0.4, 0.5) is 0 Å². The van der Waals surface area contributed by atoms with Gasteiger partial charge in [-0.2, -0.15) is 0 Å². The summed E-state index contributed by atoms with van der Waals surface area (Å²) >= 11 is 5.15. The third-order valence-electron chi connectivity index (χ3n) is 1.12. The second-order valence-corrected chi connectivity index (χ2v) is 3.74. The van der Waals surface area contributed by atoms with Crippen molar-refractivity contribution in [3.8, 4) is 0 Å². The van der Waals surface area contributed by atoms with E-state index in [1.165, 1.54) is 0 Å². The fourth-order valence-electron chi connectivity index (χ4n) is 0.615. The summed E-state index contributed by atoms with van der Waals surface area (Å²) in [6.07, 6.45) is 0. The lowest BCUT2D eigenvalue weighted by molar-refractivity contribution is 0.425. The summed E-state index contributed by atoms with van der Waals surface area (Å²) in [5, 5.41) is 17.6. The predicted octanol–water partition coefficient (Wildman–Crippen LogP) is 0.128. The molecule has 1 aromatic rings. The summed E-state index contributed by atoms with van der Waals surface area (Å²) in [6.45, 7) is 0. The second-order valence-electron chi connectivity index (χ2n) is 1.89. The van der Waals surface area contributed by atoms with E-state index >= 15 is 0 Å². The van der Waals surface area contributed by atoms with Crippen molar-refractivity contribution in [1.82, 2.24) is 4.98 Å². The minimum atomic E-state index is -1.46. The van der Waals surface area contributed by atoms with Crippen LogP contribution in [0.1, 0.15) is 0 Å². The first kappa shape index (κ1) is 9.43. The molecule has 0 radical (unpaired) electrons. The van der Waals surface area contributed by atoms with Crippen molar-refractivity contribution in [3.63, 3.8) is 0 Å². The fourth-order valence-corrected chi connectivity index (χ4v) is 1.90. The van der Waals surface area contributed by atoms with E-state index in [0.29, 0.717) is 10.1 Å². The minimum Gasteiger partial charge on any atom is -0.423 e. The summed E-state index contributed by atoms with van der Waals surface area (Å²) in [4.78, 5) is 3.98. The maximum Gasteiger partial charge on any atom is 0.491 e. The van der Waals surface area contributed by atoms with Gasteiger partial charge in [-0.1, -0.05) is 6.07 Å². The standard InChI is InChI=1S/C5H4BBrINO2/c7-5-3(6(10)11)1-2-4(8)9-5/h1-2,10-11H. The smallest absolute Gasteiger partial charge is 0.423 e. The zero-order chi connectivity index (χ0) is 8.43. The largest absolute Gasteiger partial charge is 0.491 e. The average Bonchev–Trinajstić information content (AvgIpc) is 1.85. The van der Waals surface area contributed by atoms with Crippen LogP contribution in [0.3, 0.4) is 0 Å². The Morgan fingerprint density at radius 3 is 2.55 bits per heavy atom. The quantitative estimate of drug-likeness (QED) is 0.438. The number of pyridine rings is 1. The molecule has 1 heterocycles. The van der Waals surface area contributed by atoms with Gasteiger partial charge in [0, 0.05) is 5.46 Å². The Balaban J connectivity index is 3.09. The number of halogens is 2. The zero-order valence-corrected chi connectivity index (χ0v) is 9.07. The van der Waals surface area contributed by atoms with Crippen molar-refractivity contribution < 1.29 is 10.0 Å². The Bertz CT molecular complexity index is 271. The number of hydrogen-bond acceptors (Lipinski definition) is 3. The molecule has 3 nitrogen and oxygen atoms in total. The van der Waals surface area contributed by atoms with Crippen LogP contribution in [0.15, 0.2) is 16.7 Å². The predicted molar refractivity (Wildman–Crippen MR) is 54.5 cm³/mol. The van der Waals surface area contributed by atoms with Gasteiger partial charge in [-0.25, -0.2) is 4.98 Å². The number of hydrogen-bond donors (Lipinski definition) is 2. The van der Waals surface area contributed by atoms with Crippen LogP contribution in [0.25, 0.3) is 0 Å². The van der Waals surface area contributed by atoms with Crippen molar-refractivity contribution in [2.45, 2.75) is 0 Å². The molecule has 0 aliphatic heterocycles. The Morgan fingerprint density at radius 2 is 2.09 bits per heavy atom. The summed E-state index contributed by atoms with van der Waals surface area (Å²) < 4.78 is 1.28. The molecular formula is C5H4BBrINO2. The van der Waals surface area contributed by atoms with E-state index in [-0.39, 0.29) is 0 Å². The fraction of sp³-hybridized carbons (Fsp3) is 0. The van der Waals surface area contributed by atoms with Crippen molar-refractivity contribution in [2.24, 2.45) is 0 Å². The van der Waals surface area contributed by atoms with E-state index in [0.717, 1.165) is 3.70 Å². The first-order valence-corrected chi connectivity index (χ1v) is 4.66. The third kappa shape index (κ3) is 2.39. The molecule has 0 spiro atoms. The molecule has 0 aliphatic carbocycles. The van der Waals surface area contributed by atoms with E-state index in [4.69, 9.17) is 10.0 Å². The van der Waals surface area contributed by atoms with Gasteiger partial charge in [0.2, 0.25) is 0 Å². The SMILES string of the molecule is OB(O)c1ccc(I)nc1Br. The molecule has 0 atom stereocenters. The molecule has 0 saturated carbocycles. The van der Waals surface area contributed by atoms with Crippen molar-refractivity contribution >= 4 is 51.1 Å². The van der Waals surface area contributed by atoms with Crippen LogP contribution in [-0.2, 0) is 0 Å². The lowest BCUT2D eigenvalue weighted by Gasteiger charge is -2.00. The molecule has 6 heteroatoms. The molecule has 58 valence electrons. The first-order valence-electron chi connectivity index (χ1n) is 2.79. The summed E-state index contributed by atoms with van der Waals surface area (Å²) in [6, 6.07) is 3.32. The molecule has 0 amide bonds. The summed E-state index contributed by atoms with van der Waals surface area (Å²) in [5.74, 6) is 0. The van der Waals surface area contributed by atoms with E-state index in [2.05, 4.69) is 20.9 Å². The molecule has 1 rings (SSSR count). The third-order valence-corrected chi connectivity index (χ3v) is 2.36. The molecule has 1 aromatic heterocycles. The first-order chi connectivity index (χ1) is 5.11. The maximum absolute atomic E-state index is 8.78. The van der Waals surface area contributed by atoms with Gasteiger partial charge in [0.15, 0.2) is 0 Å².